The molecule has 0 heterocycles. The summed E-state index contributed by atoms with van der Waals surface area (Å²) >= 11 is 5.34. The molecule has 0 aromatic heterocycles. The molecule has 0 atom stereocenters. The van der Waals surface area contributed by atoms with E-state index in [9.17, 15) is 0 Å². The van der Waals surface area contributed by atoms with Crippen LogP contribution in [0.25, 0.3) is 11.1 Å². The largest absolute Gasteiger partial charge is 0.130 e. The summed E-state index contributed by atoms with van der Waals surface area (Å²) in [5, 5.41) is 0. The van der Waals surface area contributed by atoms with Crippen molar-refractivity contribution in [3.8, 4) is 11.1 Å². The Bertz CT molecular complexity index is 466. The Labute approximate surface area is 103 Å². The van der Waals surface area contributed by atoms with Crippen LogP contribution < -0.4 is 0 Å². The van der Waals surface area contributed by atoms with Crippen LogP contribution in [0.15, 0.2) is 57.9 Å². The molecule has 0 bridgehead atoms. The van der Waals surface area contributed by atoms with Crippen LogP contribution in [0.1, 0.15) is 0 Å². The fraction of sp³-hybridized carbons (Fsp3) is 0.0769. The molecular formula is C13H11BrS. The van der Waals surface area contributed by atoms with Gasteiger partial charge in [0.1, 0.15) is 0 Å². The van der Waals surface area contributed by atoms with Crippen LogP contribution in [-0.2, 0) is 0 Å². The first-order chi connectivity index (χ1) is 7.31. The van der Waals surface area contributed by atoms with E-state index in [1.807, 2.05) is 6.07 Å². The Morgan fingerprint density at radius 3 is 2.53 bits per heavy atom. The van der Waals surface area contributed by atoms with Crippen molar-refractivity contribution in [2.75, 3.05) is 6.26 Å². The molecule has 0 N–H and O–H groups in total. The molecule has 2 aromatic carbocycles. The van der Waals surface area contributed by atoms with E-state index in [4.69, 9.17) is 0 Å². The molecule has 0 spiro atoms. The van der Waals surface area contributed by atoms with Gasteiger partial charge >= 0.3 is 0 Å². The second kappa shape index (κ2) is 4.86. The van der Waals surface area contributed by atoms with Crippen LogP contribution in [0, 0.1) is 0 Å². The average Bonchev–Trinajstić information content (AvgIpc) is 2.30. The second-order valence-electron chi connectivity index (χ2n) is 3.21. The summed E-state index contributed by atoms with van der Waals surface area (Å²) in [4.78, 5) is 1.29. The zero-order valence-corrected chi connectivity index (χ0v) is 10.8. The van der Waals surface area contributed by atoms with Crippen molar-refractivity contribution in [1.29, 1.82) is 0 Å². The highest BCUT2D eigenvalue weighted by atomic mass is 79.9. The predicted octanol–water partition coefficient (Wildman–Crippen LogP) is 4.84. The summed E-state index contributed by atoms with van der Waals surface area (Å²) in [6.07, 6.45) is 2.10. The van der Waals surface area contributed by atoms with E-state index in [-0.39, 0.29) is 0 Å². The van der Waals surface area contributed by atoms with Gasteiger partial charge in [0.25, 0.3) is 0 Å². The van der Waals surface area contributed by atoms with Gasteiger partial charge in [-0.25, -0.2) is 0 Å². The molecule has 15 heavy (non-hydrogen) atoms. The smallest absolute Gasteiger partial charge is 0.0253 e. The summed E-state index contributed by atoms with van der Waals surface area (Å²) in [7, 11) is 0. The number of halogens is 1. The lowest BCUT2D eigenvalue weighted by molar-refractivity contribution is 1.45. The van der Waals surface area contributed by atoms with Gasteiger partial charge in [-0.1, -0.05) is 46.3 Å². The zero-order valence-electron chi connectivity index (χ0n) is 8.41. The lowest BCUT2D eigenvalue weighted by Gasteiger charge is -2.05. The molecule has 0 radical (unpaired) electrons. The molecule has 0 fully saturated rings. The number of benzene rings is 2. The second-order valence-corrected chi connectivity index (χ2v) is 4.95. The van der Waals surface area contributed by atoms with Crippen molar-refractivity contribution in [3.63, 3.8) is 0 Å². The average molecular weight is 279 g/mol. The van der Waals surface area contributed by atoms with Crippen molar-refractivity contribution in [2.45, 2.75) is 4.90 Å². The van der Waals surface area contributed by atoms with Crippen LogP contribution in [0.5, 0.6) is 0 Å². The van der Waals surface area contributed by atoms with Gasteiger partial charge < -0.3 is 0 Å². The van der Waals surface area contributed by atoms with E-state index in [1.54, 1.807) is 11.8 Å². The fourth-order valence-electron chi connectivity index (χ4n) is 1.49. The standard InChI is InChI=1S/C13H11BrS/c1-15-11-6-4-5-10(9-11)12-7-2-3-8-13(12)14/h2-9H,1H3. The normalized spacial score (nSPS) is 10.3. The highest BCUT2D eigenvalue weighted by Crippen LogP contribution is 2.30. The van der Waals surface area contributed by atoms with Gasteiger partial charge in [-0.15, -0.1) is 11.8 Å². The summed E-state index contributed by atoms with van der Waals surface area (Å²) < 4.78 is 1.14. The first kappa shape index (κ1) is 10.8. The Hall–Kier alpha value is -0.730. The van der Waals surface area contributed by atoms with Gasteiger partial charge in [0.2, 0.25) is 0 Å². The van der Waals surface area contributed by atoms with Gasteiger partial charge in [-0.3, -0.25) is 0 Å². The first-order valence-corrected chi connectivity index (χ1v) is 6.72. The molecule has 0 nitrogen and oxygen atoms in total. The van der Waals surface area contributed by atoms with Crippen molar-refractivity contribution < 1.29 is 0 Å². The maximum atomic E-state index is 3.57. The minimum absolute atomic E-state index is 1.14. The third kappa shape index (κ3) is 2.44. The van der Waals surface area contributed by atoms with Crippen molar-refractivity contribution in [1.82, 2.24) is 0 Å². The summed E-state index contributed by atoms with van der Waals surface area (Å²) in [6.45, 7) is 0. The minimum Gasteiger partial charge on any atom is -0.130 e. The topological polar surface area (TPSA) is 0 Å². The molecule has 0 amide bonds. The van der Waals surface area contributed by atoms with Gasteiger partial charge in [-0.05, 0) is 35.6 Å². The predicted molar refractivity (Wildman–Crippen MR) is 71.4 cm³/mol. The molecule has 0 unspecified atom stereocenters. The number of rotatable bonds is 2. The maximum Gasteiger partial charge on any atom is 0.0253 e. The molecular weight excluding hydrogens is 268 g/mol. The van der Waals surface area contributed by atoms with Crippen LogP contribution in [0.2, 0.25) is 0 Å². The Kier molecular flexibility index (Phi) is 3.49. The third-order valence-electron chi connectivity index (χ3n) is 2.25. The molecule has 0 saturated heterocycles. The summed E-state index contributed by atoms with van der Waals surface area (Å²) in [5.74, 6) is 0. The van der Waals surface area contributed by atoms with E-state index in [1.165, 1.54) is 16.0 Å². The van der Waals surface area contributed by atoms with E-state index < -0.39 is 0 Å². The van der Waals surface area contributed by atoms with Crippen LogP contribution in [-0.4, -0.2) is 6.26 Å². The number of hydrogen-bond acceptors (Lipinski definition) is 1. The maximum absolute atomic E-state index is 3.57. The lowest BCUT2D eigenvalue weighted by Crippen LogP contribution is -1.79. The molecule has 2 aromatic rings. The monoisotopic (exact) mass is 278 g/mol. The van der Waals surface area contributed by atoms with Crippen LogP contribution in [0.3, 0.4) is 0 Å². The molecule has 0 aliphatic rings. The first-order valence-electron chi connectivity index (χ1n) is 4.70. The van der Waals surface area contributed by atoms with Gasteiger partial charge in [-0.2, -0.15) is 0 Å². The Morgan fingerprint density at radius 1 is 1.00 bits per heavy atom. The number of thioether (sulfide) groups is 1. The minimum atomic E-state index is 1.14. The summed E-state index contributed by atoms with van der Waals surface area (Å²) in [6, 6.07) is 16.9. The highest BCUT2D eigenvalue weighted by molar-refractivity contribution is 9.10. The van der Waals surface area contributed by atoms with Crippen LogP contribution >= 0.6 is 27.7 Å². The van der Waals surface area contributed by atoms with Gasteiger partial charge in [0, 0.05) is 9.37 Å². The Balaban J connectivity index is 2.49. The molecule has 76 valence electrons. The van der Waals surface area contributed by atoms with E-state index in [0.29, 0.717) is 0 Å². The zero-order chi connectivity index (χ0) is 10.7. The molecule has 0 saturated carbocycles. The summed E-state index contributed by atoms with van der Waals surface area (Å²) in [5.41, 5.74) is 2.50. The van der Waals surface area contributed by atoms with E-state index in [0.717, 1.165) is 4.47 Å². The fourth-order valence-corrected chi connectivity index (χ4v) is 2.46. The molecule has 0 aliphatic carbocycles. The van der Waals surface area contributed by atoms with Crippen molar-refractivity contribution in [3.05, 3.63) is 53.0 Å². The highest BCUT2D eigenvalue weighted by Gasteiger charge is 2.02. The van der Waals surface area contributed by atoms with Gasteiger partial charge in [0.05, 0.1) is 0 Å². The van der Waals surface area contributed by atoms with E-state index >= 15 is 0 Å². The molecule has 0 aliphatic heterocycles. The van der Waals surface area contributed by atoms with Crippen molar-refractivity contribution in [2.24, 2.45) is 0 Å². The number of hydrogen-bond donors (Lipinski definition) is 0. The molecule has 2 rings (SSSR count). The quantitative estimate of drug-likeness (QED) is 0.709. The van der Waals surface area contributed by atoms with Gasteiger partial charge in [0.15, 0.2) is 0 Å². The van der Waals surface area contributed by atoms with Crippen LogP contribution in [0.4, 0.5) is 0 Å². The van der Waals surface area contributed by atoms with E-state index in [2.05, 4.69) is 64.7 Å². The molecule has 2 heteroatoms. The SMILES string of the molecule is CSc1cccc(-c2ccccc2Br)c1. The lowest BCUT2D eigenvalue weighted by atomic mass is 10.1. The Morgan fingerprint density at radius 2 is 1.80 bits per heavy atom. The van der Waals surface area contributed by atoms with Crippen molar-refractivity contribution >= 4 is 27.7 Å². The third-order valence-corrected chi connectivity index (χ3v) is 3.67.